The molecule has 0 heterocycles. The second-order valence-corrected chi connectivity index (χ2v) is 2.92. The van der Waals surface area contributed by atoms with E-state index in [-0.39, 0.29) is 0 Å². The van der Waals surface area contributed by atoms with E-state index in [0.717, 1.165) is 5.69 Å². The zero-order valence-corrected chi connectivity index (χ0v) is 8.01. The molecule has 0 spiro atoms. The normalized spacial score (nSPS) is 11.2. The van der Waals surface area contributed by atoms with Crippen LogP contribution in [0.1, 0.15) is 0 Å². The fourth-order valence-electron chi connectivity index (χ4n) is 0.854. The van der Waals surface area contributed by atoms with Crippen molar-refractivity contribution in [2.45, 2.75) is 0 Å². The van der Waals surface area contributed by atoms with Gasteiger partial charge < -0.3 is 4.90 Å². The van der Waals surface area contributed by atoms with Crippen LogP contribution in [0.4, 0.5) is 5.69 Å². The Hall–Kier alpha value is -1.57. The van der Waals surface area contributed by atoms with Gasteiger partial charge in [-0.05, 0) is 18.2 Å². The van der Waals surface area contributed by atoms with E-state index >= 15 is 0 Å². The molecule has 0 saturated heterocycles. The molecule has 1 aromatic carbocycles. The lowest BCUT2D eigenvalue weighted by Crippen LogP contribution is -1.99. The lowest BCUT2D eigenvalue weighted by Gasteiger charge is -2.00. The van der Waals surface area contributed by atoms with Crippen LogP contribution in [-0.4, -0.2) is 25.2 Å². The van der Waals surface area contributed by atoms with Gasteiger partial charge in [0, 0.05) is 26.5 Å². The number of para-hydroxylation sites is 1. The first-order valence-corrected chi connectivity index (χ1v) is 4.21. The van der Waals surface area contributed by atoms with Crippen LogP contribution in [0.5, 0.6) is 0 Å². The van der Waals surface area contributed by atoms with Gasteiger partial charge in [-0.3, -0.25) is 4.99 Å². The highest BCUT2D eigenvalue weighted by Gasteiger charge is 1.80. The van der Waals surface area contributed by atoms with Crippen LogP contribution in [0, 0.1) is 0 Å². The molecule has 1 aromatic rings. The van der Waals surface area contributed by atoms with Crippen LogP contribution < -0.4 is 0 Å². The smallest absolute Gasteiger partial charge is 0.0629 e. The van der Waals surface area contributed by atoms with Crippen molar-refractivity contribution in [3.05, 3.63) is 42.6 Å². The van der Waals surface area contributed by atoms with Crippen molar-refractivity contribution in [2.24, 2.45) is 4.99 Å². The molecule has 0 fully saturated rings. The summed E-state index contributed by atoms with van der Waals surface area (Å²) in [7, 11) is 3.96. The zero-order valence-electron chi connectivity index (χ0n) is 8.01. The second kappa shape index (κ2) is 5.14. The summed E-state index contributed by atoms with van der Waals surface area (Å²) in [5.41, 5.74) is 0.978. The number of hydrogen-bond acceptors (Lipinski definition) is 2. The van der Waals surface area contributed by atoms with Gasteiger partial charge in [-0.25, -0.2) is 0 Å². The van der Waals surface area contributed by atoms with Gasteiger partial charge >= 0.3 is 0 Å². The number of benzene rings is 1. The van der Waals surface area contributed by atoms with E-state index < -0.39 is 0 Å². The molecule has 0 N–H and O–H groups in total. The third kappa shape index (κ3) is 4.11. The highest BCUT2D eigenvalue weighted by atomic mass is 15.0. The SMILES string of the molecule is CN(C)/C=C\C=Nc1ccccc1. The Balaban J connectivity index is 2.50. The van der Waals surface area contributed by atoms with Gasteiger partial charge in [-0.15, -0.1) is 0 Å². The molecule has 0 unspecified atom stereocenters. The topological polar surface area (TPSA) is 15.6 Å². The number of rotatable bonds is 3. The standard InChI is InChI=1S/C11H14N2/c1-13(2)10-6-9-12-11-7-4-3-5-8-11/h3-10H,1-2H3/b10-6-,12-9?. The number of hydrogen-bond donors (Lipinski definition) is 0. The van der Waals surface area contributed by atoms with Crippen molar-refractivity contribution in [1.29, 1.82) is 0 Å². The Morgan fingerprint density at radius 2 is 1.85 bits per heavy atom. The zero-order chi connectivity index (χ0) is 9.52. The van der Waals surface area contributed by atoms with E-state index in [2.05, 4.69) is 4.99 Å². The molecule has 2 nitrogen and oxygen atoms in total. The molecule has 0 saturated carbocycles. The lowest BCUT2D eigenvalue weighted by atomic mass is 10.3. The minimum Gasteiger partial charge on any atom is -0.383 e. The number of allylic oxidation sites excluding steroid dienone is 1. The summed E-state index contributed by atoms with van der Waals surface area (Å²) in [5.74, 6) is 0. The molecule has 0 bridgehead atoms. The fourth-order valence-corrected chi connectivity index (χ4v) is 0.854. The summed E-state index contributed by atoms with van der Waals surface area (Å²) < 4.78 is 0. The Morgan fingerprint density at radius 1 is 1.15 bits per heavy atom. The molecule has 0 aliphatic heterocycles. The molecule has 0 radical (unpaired) electrons. The van der Waals surface area contributed by atoms with Gasteiger partial charge in [-0.1, -0.05) is 18.2 Å². The Bertz CT molecular complexity index is 286. The predicted molar refractivity (Wildman–Crippen MR) is 57.4 cm³/mol. The minimum atomic E-state index is 0.978. The first-order chi connectivity index (χ1) is 6.29. The molecular formula is C11H14N2. The van der Waals surface area contributed by atoms with Gasteiger partial charge in [-0.2, -0.15) is 0 Å². The van der Waals surface area contributed by atoms with Crippen molar-refractivity contribution < 1.29 is 0 Å². The Kier molecular flexibility index (Phi) is 3.76. The molecule has 68 valence electrons. The highest BCUT2D eigenvalue weighted by Crippen LogP contribution is 2.07. The van der Waals surface area contributed by atoms with E-state index in [1.165, 1.54) is 0 Å². The van der Waals surface area contributed by atoms with E-state index in [4.69, 9.17) is 0 Å². The number of nitrogens with zero attached hydrogens (tertiary/aromatic N) is 2. The van der Waals surface area contributed by atoms with Gasteiger partial charge in [0.25, 0.3) is 0 Å². The quantitative estimate of drug-likeness (QED) is 0.643. The van der Waals surface area contributed by atoms with E-state index in [0.29, 0.717) is 0 Å². The third-order valence-electron chi connectivity index (χ3n) is 1.45. The Morgan fingerprint density at radius 3 is 2.46 bits per heavy atom. The molecule has 13 heavy (non-hydrogen) atoms. The molecule has 2 heteroatoms. The molecule has 0 atom stereocenters. The molecule has 1 rings (SSSR count). The van der Waals surface area contributed by atoms with Crippen LogP contribution in [0.2, 0.25) is 0 Å². The third-order valence-corrected chi connectivity index (χ3v) is 1.45. The first-order valence-electron chi connectivity index (χ1n) is 4.21. The molecular weight excluding hydrogens is 160 g/mol. The average Bonchev–Trinajstić information content (AvgIpc) is 2.14. The van der Waals surface area contributed by atoms with E-state index in [1.807, 2.05) is 61.6 Å². The maximum atomic E-state index is 4.24. The number of aliphatic imine (C=N–C) groups is 1. The minimum absolute atomic E-state index is 0.978. The highest BCUT2D eigenvalue weighted by molar-refractivity contribution is 5.74. The summed E-state index contributed by atoms with van der Waals surface area (Å²) in [6.45, 7) is 0. The monoisotopic (exact) mass is 174 g/mol. The average molecular weight is 174 g/mol. The van der Waals surface area contributed by atoms with Crippen LogP contribution >= 0.6 is 0 Å². The summed E-state index contributed by atoms with van der Waals surface area (Å²) >= 11 is 0. The van der Waals surface area contributed by atoms with E-state index in [1.54, 1.807) is 6.21 Å². The maximum absolute atomic E-state index is 4.24. The largest absolute Gasteiger partial charge is 0.383 e. The molecule has 0 aliphatic carbocycles. The second-order valence-electron chi connectivity index (χ2n) is 2.92. The molecule has 0 aliphatic rings. The maximum Gasteiger partial charge on any atom is 0.0629 e. The van der Waals surface area contributed by atoms with Crippen LogP contribution in [0.3, 0.4) is 0 Å². The predicted octanol–water partition coefficient (Wildman–Crippen LogP) is 2.46. The van der Waals surface area contributed by atoms with Crippen molar-refractivity contribution in [3.8, 4) is 0 Å². The van der Waals surface area contributed by atoms with Gasteiger partial charge in [0.05, 0.1) is 5.69 Å². The molecule has 0 aromatic heterocycles. The van der Waals surface area contributed by atoms with Crippen molar-refractivity contribution in [3.63, 3.8) is 0 Å². The van der Waals surface area contributed by atoms with Crippen molar-refractivity contribution in [1.82, 2.24) is 4.90 Å². The summed E-state index contributed by atoms with van der Waals surface area (Å²) in [6, 6.07) is 9.87. The van der Waals surface area contributed by atoms with Crippen molar-refractivity contribution >= 4 is 11.9 Å². The van der Waals surface area contributed by atoms with Gasteiger partial charge in [0.1, 0.15) is 0 Å². The fraction of sp³-hybridized carbons (Fsp3) is 0.182. The lowest BCUT2D eigenvalue weighted by molar-refractivity contribution is 0.564. The van der Waals surface area contributed by atoms with Crippen LogP contribution in [0.15, 0.2) is 47.6 Å². The summed E-state index contributed by atoms with van der Waals surface area (Å²) in [6.07, 6.45) is 5.65. The van der Waals surface area contributed by atoms with Gasteiger partial charge in [0.15, 0.2) is 0 Å². The molecule has 0 amide bonds. The summed E-state index contributed by atoms with van der Waals surface area (Å²) in [5, 5.41) is 0. The van der Waals surface area contributed by atoms with Gasteiger partial charge in [0.2, 0.25) is 0 Å². The Labute approximate surface area is 79.2 Å². The van der Waals surface area contributed by atoms with E-state index in [9.17, 15) is 0 Å². The van der Waals surface area contributed by atoms with Crippen LogP contribution in [0.25, 0.3) is 0 Å². The summed E-state index contributed by atoms with van der Waals surface area (Å²) in [4.78, 5) is 6.21. The van der Waals surface area contributed by atoms with Crippen LogP contribution in [-0.2, 0) is 0 Å². The first kappa shape index (κ1) is 9.52. The van der Waals surface area contributed by atoms with Crippen molar-refractivity contribution in [2.75, 3.05) is 14.1 Å².